The predicted molar refractivity (Wildman–Crippen MR) is 99.0 cm³/mol. The molecule has 26 heavy (non-hydrogen) atoms. The summed E-state index contributed by atoms with van der Waals surface area (Å²) in [6, 6.07) is 5.24. The van der Waals surface area contributed by atoms with Gasteiger partial charge in [0.05, 0.1) is 12.3 Å². The maximum absolute atomic E-state index is 12.0. The van der Waals surface area contributed by atoms with Crippen molar-refractivity contribution in [3.8, 4) is 0 Å². The standard InChI is InChI=1S/C18H22Cl2N2O4/c1-10-3-4-12(7-15(10)19)18(20,8-16(21)24)22-6-5-13(17(25)26)14(9-22)11(2)23/h3-4,7,13-14H,5-6,8-9H2,1-2H3,(H2,21,24)(H,25,26). The monoisotopic (exact) mass is 400 g/mol. The van der Waals surface area contributed by atoms with Crippen LogP contribution < -0.4 is 5.73 Å². The number of Topliss-reactive ketones (excluding diaryl/α,β-unsaturated/α-hetero) is 1. The molecule has 0 saturated carbocycles. The molecule has 0 aromatic heterocycles. The van der Waals surface area contributed by atoms with Crippen molar-refractivity contribution in [2.45, 2.75) is 31.7 Å². The van der Waals surface area contributed by atoms with Gasteiger partial charge >= 0.3 is 5.97 Å². The molecule has 3 unspecified atom stereocenters. The van der Waals surface area contributed by atoms with Gasteiger partial charge < -0.3 is 10.8 Å². The van der Waals surface area contributed by atoms with E-state index in [-0.39, 0.29) is 25.2 Å². The molecule has 1 aliphatic heterocycles. The van der Waals surface area contributed by atoms with Gasteiger partial charge in [-0.2, -0.15) is 0 Å². The molecule has 0 spiro atoms. The van der Waals surface area contributed by atoms with Crippen LogP contribution in [0.4, 0.5) is 0 Å². The second-order valence-corrected chi connectivity index (χ2v) is 7.80. The van der Waals surface area contributed by atoms with E-state index in [0.29, 0.717) is 17.1 Å². The Hall–Kier alpha value is -1.63. The van der Waals surface area contributed by atoms with Crippen LogP contribution in [-0.4, -0.2) is 40.8 Å². The van der Waals surface area contributed by atoms with Crippen molar-refractivity contribution in [3.05, 3.63) is 34.3 Å². The minimum absolute atomic E-state index is 0.134. The Morgan fingerprint density at radius 2 is 2.00 bits per heavy atom. The number of halogens is 2. The van der Waals surface area contributed by atoms with Crippen molar-refractivity contribution in [2.75, 3.05) is 13.1 Å². The molecule has 1 aromatic rings. The fraction of sp³-hybridized carbons (Fsp3) is 0.500. The minimum Gasteiger partial charge on any atom is -0.481 e. The van der Waals surface area contributed by atoms with Gasteiger partial charge in [0.2, 0.25) is 5.91 Å². The number of aryl methyl sites for hydroxylation is 1. The molecule has 3 atom stereocenters. The highest BCUT2D eigenvalue weighted by Gasteiger charge is 2.45. The smallest absolute Gasteiger partial charge is 0.307 e. The number of hydrogen-bond acceptors (Lipinski definition) is 4. The Morgan fingerprint density at radius 3 is 2.50 bits per heavy atom. The van der Waals surface area contributed by atoms with Crippen LogP contribution in [0.15, 0.2) is 18.2 Å². The van der Waals surface area contributed by atoms with Crippen molar-refractivity contribution in [1.29, 1.82) is 0 Å². The number of amides is 1. The first kappa shape index (κ1) is 20.7. The number of rotatable bonds is 6. The van der Waals surface area contributed by atoms with Gasteiger partial charge in [-0.15, -0.1) is 0 Å². The number of alkyl halides is 1. The van der Waals surface area contributed by atoms with Gasteiger partial charge in [-0.1, -0.05) is 35.3 Å². The first-order valence-corrected chi connectivity index (χ1v) is 9.04. The molecule has 1 aromatic carbocycles. The molecule has 142 valence electrons. The summed E-state index contributed by atoms with van der Waals surface area (Å²) < 4.78 is 0. The van der Waals surface area contributed by atoms with E-state index in [1.165, 1.54) is 6.92 Å². The number of benzene rings is 1. The summed E-state index contributed by atoms with van der Waals surface area (Å²) in [5.41, 5.74) is 6.86. The van der Waals surface area contributed by atoms with E-state index in [2.05, 4.69) is 0 Å². The molecule has 1 fully saturated rings. The molecule has 1 aliphatic rings. The van der Waals surface area contributed by atoms with Crippen LogP contribution in [0.3, 0.4) is 0 Å². The van der Waals surface area contributed by atoms with Gasteiger partial charge in [-0.05, 0) is 37.5 Å². The van der Waals surface area contributed by atoms with E-state index < -0.39 is 28.7 Å². The summed E-state index contributed by atoms with van der Waals surface area (Å²) in [7, 11) is 0. The number of carboxylic acids is 1. The highest BCUT2D eigenvalue weighted by molar-refractivity contribution is 6.31. The highest BCUT2D eigenvalue weighted by Crippen LogP contribution is 2.41. The van der Waals surface area contributed by atoms with Crippen LogP contribution in [0.2, 0.25) is 5.02 Å². The third-order valence-corrected chi connectivity index (χ3v) is 5.97. The Kier molecular flexibility index (Phi) is 6.32. The minimum atomic E-state index is -1.29. The largest absolute Gasteiger partial charge is 0.481 e. The van der Waals surface area contributed by atoms with Crippen LogP contribution in [0.25, 0.3) is 0 Å². The van der Waals surface area contributed by atoms with Gasteiger partial charge in [0.25, 0.3) is 0 Å². The molecule has 0 radical (unpaired) electrons. The van der Waals surface area contributed by atoms with Crippen LogP contribution in [-0.2, 0) is 19.4 Å². The zero-order chi connectivity index (χ0) is 19.6. The Bertz CT molecular complexity index is 740. The van der Waals surface area contributed by atoms with Crippen LogP contribution in [0.5, 0.6) is 0 Å². The van der Waals surface area contributed by atoms with Crippen molar-refractivity contribution >= 4 is 40.9 Å². The van der Waals surface area contributed by atoms with E-state index in [0.717, 1.165) is 5.56 Å². The summed E-state index contributed by atoms with van der Waals surface area (Å²) in [4.78, 5) is 35.6. The van der Waals surface area contributed by atoms with Gasteiger partial charge in [-0.25, -0.2) is 0 Å². The molecule has 1 saturated heterocycles. The molecular formula is C18H22Cl2N2O4. The number of hydrogen-bond donors (Lipinski definition) is 2. The molecule has 3 N–H and O–H groups in total. The normalized spacial score (nSPS) is 23.2. The molecule has 1 heterocycles. The summed E-state index contributed by atoms with van der Waals surface area (Å²) in [6.45, 7) is 3.68. The Morgan fingerprint density at radius 1 is 1.35 bits per heavy atom. The number of piperidine rings is 1. The fourth-order valence-electron chi connectivity index (χ4n) is 3.44. The zero-order valence-electron chi connectivity index (χ0n) is 14.7. The summed E-state index contributed by atoms with van der Waals surface area (Å²) in [5, 5.41) is 9.88. The number of likely N-dealkylation sites (tertiary alicyclic amines) is 1. The number of carboxylic acid groups (broad SMARTS) is 1. The number of primary amides is 1. The average Bonchev–Trinajstić information content (AvgIpc) is 2.55. The predicted octanol–water partition coefficient (Wildman–Crippen LogP) is 2.53. The maximum Gasteiger partial charge on any atom is 0.307 e. The number of aliphatic carboxylic acids is 1. The Labute approximate surface area is 162 Å². The SMILES string of the molecule is CC(=O)C1CN(C(Cl)(CC(N)=O)c2ccc(C)c(Cl)c2)CCC1C(=O)O. The van der Waals surface area contributed by atoms with Crippen molar-refractivity contribution in [1.82, 2.24) is 4.90 Å². The first-order valence-electron chi connectivity index (χ1n) is 8.28. The molecule has 2 rings (SSSR count). The third kappa shape index (κ3) is 4.19. The second kappa shape index (κ2) is 7.94. The summed E-state index contributed by atoms with van der Waals surface area (Å²) >= 11 is 13.1. The Balaban J connectivity index is 2.43. The topological polar surface area (TPSA) is 101 Å². The summed E-state index contributed by atoms with van der Waals surface area (Å²) in [6.07, 6.45) is 0.0721. The van der Waals surface area contributed by atoms with E-state index in [9.17, 15) is 19.5 Å². The molecule has 8 heteroatoms. The van der Waals surface area contributed by atoms with Crippen LogP contribution in [0, 0.1) is 18.8 Å². The average molecular weight is 401 g/mol. The van der Waals surface area contributed by atoms with Crippen molar-refractivity contribution in [2.24, 2.45) is 17.6 Å². The quantitative estimate of drug-likeness (QED) is 0.564. The third-order valence-electron chi connectivity index (χ3n) is 4.98. The van der Waals surface area contributed by atoms with Crippen LogP contribution >= 0.6 is 23.2 Å². The number of ketones is 1. The number of nitrogens with two attached hydrogens (primary N) is 1. The molecular weight excluding hydrogens is 379 g/mol. The molecule has 0 bridgehead atoms. The van der Waals surface area contributed by atoms with Gasteiger partial charge in [-0.3, -0.25) is 19.3 Å². The van der Waals surface area contributed by atoms with Crippen molar-refractivity contribution in [3.63, 3.8) is 0 Å². The van der Waals surface area contributed by atoms with E-state index >= 15 is 0 Å². The summed E-state index contributed by atoms with van der Waals surface area (Å²) in [5.74, 6) is -3.29. The van der Waals surface area contributed by atoms with E-state index in [1.807, 2.05) is 6.92 Å². The fourth-order valence-corrected chi connectivity index (χ4v) is 4.02. The molecule has 1 amide bonds. The molecule has 6 nitrogen and oxygen atoms in total. The first-order chi connectivity index (χ1) is 12.1. The zero-order valence-corrected chi connectivity index (χ0v) is 16.2. The van der Waals surface area contributed by atoms with Gasteiger partial charge in [0.15, 0.2) is 0 Å². The van der Waals surface area contributed by atoms with E-state index in [4.69, 9.17) is 28.9 Å². The molecule has 0 aliphatic carbocycles. The number of carbonyl (C=O) groups is 3. The lowest BCUT2D eigenvalue weighted by atomic mass is 9.81. The van der Waals surface area contributed by atoms with E-state index in [1.54, 1.807) is 23.1 Å². The van der Waals surface area contributed by atoms with Gasteiger partial charge in [0, 0.05) is 24.0 Å². The lowest BCUT2D eigenvalue weighted by Crippen LogP contribution is -2.53. The lowest BCUT2D eigenvalue weighted by Gasteiger charge is -2.45. The maximum atomic E-state index is 12.0. The van der Waals surface area contributed by atoms with Gasteiger partial charge in [0.1, 0.15) is 10.8 Å². The second-order valence-electron chi connectivity index (χ2n) is 6.76. The number of carbonyl (C=O) groups excluding carboxylic acids is 2. The van der Waals surface area contributed by atoms with Crippen molar-refractivity contribution < 1.29 is 19.5 Å². The van der Waals surface area contributed by atoms with Crippen LogP contribution in [0.1, 0.15) is 30.9 Å². The highest BCUT2D eigenvalue weighted by atomic mass is 35.5. The lowest BCUT2D eigenvalue weighted by molar-refractivity contribution is -0.150. The number of nitrogens with zero attached hydrogens (tertiary/aromatic N) is 1.